The first-order chi connectivity index (χ1) is 13.7. The summed E-state index contributed by atoms with van der Waals surface area (Å²) in [6.45, 7) is 5.71. The molecule has 0 aliphatic carbocycles. The number of imidazole rings is 1. The van der Waals surface area contributed by atoms with Gasteiger partial charge in [0.1, 0.15) is 17.4 Å². The van der Waals surface area contributed by atoms with Crippen LogP contribution in [-0.2, 0) is 11.8 Å². The van der Waals surface area contributed by atoms with Gasteiger partial charge < -0.3 is 15.0 Å². The third-order valence-corrected chi connectivity index (χ3v) is 4.82. The molecule has 0 saturated carbocycles. The predicted molar refractivity (Wildman–Crippen MR) is 115 cm³/mol. The Bertz CT molecular complexity index is 1140. The summed E-state index contributed by atoms with van der Waals surface area (Å²) in [6, 6.07) is 16.7. The van der Waals surface area contributed by atoms with Crippen LogP contribution in [0.2, 0.25) is 0 Å². The lowest BCUT2D eigenvalue weighted by Crippen LogP contribution is -2.27. The maximum Gasteiger partial charge on any atom is 0.157 e. The largest absolute Gasteiger partial charge is 0.506 e. The van der Waals surface area contributed by atoms with Crippen molar-refractivity contribution in [2.24, 2.45) is 12.5 Å². The van der Waals surface area contributed by atoms with E-state index in [2.05, 4.69) is 16.4 Å². The third-order valence-electron chi connectivity index (χ3n) is 4.82. The van der Waals surface area contributed by atoms with Crippen LogP contribution in [-0.4, -0.2) is 27.0 Å². The zero-order valence-electron chi connectivity index (χ0n) is 17.0. The summed E-state index contributed by atoms with van der Waals surface area (Å²) in [4.78, 5) is 16.8. The van der Waals surface area contributed by atoms with Crippen LogP contribution in [0.4, 0.5) is 5.69 Å². The van der Waals surface area contributed by atoms with E-state index in [9.17, 15) is 15.2 Å². The fourth-order valence-electron chi connectivity index (χ4n) is 3.00. The molecule has 0 unspecified atom stereocenters. The second-order valence-electron chi connectivity index (χ2n) is 7.89. The lowest BCUT2D eigenvalue weighted by atomic mass is 9.91. The number of allylic oxidation sites excluding steroid dienone is 1. The Morgan fingerprint density at radius 2 is 1.83 bits per heavy atom. The number of ketones is 1. The summed E-state index contributed by atoms with van der Waals surface area (Å²) in [5, 5.41) is 23.8. The van der Waals surface area contributed by atoms with E-state index in [-0.39, 0.29) is 23.7 Å². The van der Waals surface area contributed by atoms with Gasteiger partial charge in [-0.15, -0.1) is 0 Å². The topological polar surface area (TPSA) is 90.9 Å². The van der Waals surface area contributed by atoms with Crippen LogP contribution in [0, 0.1) is 16.7 Å². The van der Waals surface area contributed by atoms with E-state index in [0.29, 0.717) is 17.1 Å². The molecule has 0 spiro atoms. The summed E-state index contributed by atoms with van der Waals surface area (Å²) in [6.07, 6.45) is 0. The first-order valence-corrected chi connectivity index (χ1v) is 9.35. The molecule has 0 bridgehead atoms. The van der Waals surface area contributed by atoms with Crippen molar-refractivity contribution >= 4 is 33.8 Å². The van der Waals surface area contributed by atoms with Gasteiger partial charge in [-0.2, -0.15) is 5.26 Å². The van der Waals surface area contributed by atoms with Crippen molar-refractivity contribution in [1.82, 2.24) is 9.55 Å². The lowest BCUT2D eigenvalue weighted by molar-refractivity contribution is -0.124. The molecule has 6 nitrogen and oxygen atoms in total. The molecule has 0 aliphatic rings. The van der Waals surface area contributed by atoms with Crippen LogP contribution in [0.25, 0.3) is 22.4 Å². The maximum atomic E-state index is 12.3. The minimum Gasteiger partial charge on any atom is -0.506 e. The highest BCUT2D eigenvalue weighted by Crippen LogP contribution is 2.30. The third kappa shape index (κ3) is 3.99. The number of nitriles is 1. The van der Waals surface area contributed by atoms with Gasteiger partial charge in [-0.1, -0.05) is 45.0 Å². The van der Waals surface area contributed by atoms with Crippen molar-refractivity contribution in [2.45, 2.75) is 20.8 Å². The Hall–Kier alpha value is -3.59. The van der Waals surface area contributed by atoms with Gasteiger partial charge in [0.05, 0.1) is 17.6 Å². The maximum absolute atomic E-state index is 12.3. The van der Waals surface area contributed by atoms with Crippen molar-refractivity contribution in [2.75, 3.05) is 11.9 Å². The van der Waals surface area contributed by atoms with Crippen LogP contribution < -0.4 is 5.32 Å². The number of benzene rings is 2. The number of fused-ring (bicyclic) bond motifs is 1. The number of para-hydroxylation sites is 3. The minimum atomic E-state index is -0.468. The lowest BCUT2D eigenvalue weighted by Gasteiger charge is -2.18. The van der Waals surface area contributed by atoms with E-state index in [0.717, 1.165) is 11.0 Å². The summed E-state index contributed by atoms with van der Waals surface area (Å²) in [5.41, 5.74) is 2.23. The van der Waals surface area contributed by atoms with E-state index in [1.54, 1.807) is 29.8 Å². The molecule has 6 heteroatoms. The van der Waals surface area contributed by atoms with E-state index < -0.39 is 5.41 Å². The number of anilines is 1. The molecule has 1 heterocycles. The van der Waals surface area contributed by atoms with Gasteiger partial charge in [-0.25, -0.2) is 4.98 Å². The molecule has 0 saturated heterocycles. The number of rotatable bonds is 5. The molecule has 2 aromatic carbocycles. The Morgan fingerprint density at radius 3 is 2.48 bits per heavy atom. The van der Waals surface area contributed by atoms with Gasteiger partial charge in [0.15, 0.2) is 11.6 Å². The van der Waals surface area contributed by atoms with Crippen LogP contribution in [0.5, 0.6) is 0 Å². The summed E-state index contributed by atoms with van der Waals surface area (Å²) >= 11 is 0. The molecule has 0 fully saturated rings. The number of carbonyl (C=O) groups excluding carboxylic acids is 1. The van der Waals surface area contributed by atoms with Crippen LogP contribution in [0.3, 0.4) is 0 Å². The number of aliphatic hydroxyl groups excluding tert-OH is 1. The highest BCUT2D eigenvalue weighted by molar-refractivity contribution is 5.97. The Morgan fingerprint density at radius 1 is 1.17 bits per heavy atom. The van der Waals surface area contributed by atoms with E-state index >= 15 is 0 Å². The minimum absolute atomic E-state index is 0.0478. The van der Waals surface area contributed by atoms with Crippen molar-refractivity contribution in [1.29, 1.82) is 5.26 Å². The van der Waals surface area contributed by atoms with Gasteiger partial charge >= 0.3 is 0 Å². The fourth-order valence-corrected chi connectivity index (χ4v) is 3.00. The van der Waals surface area contributed by atoms with Crippen molar-refractivity contribution in [3.05, 3.63) is 59.9 Å². The molecule has 148 valence electrons. The van der Waals surface area contributed by atoms with Gasteiger partial charge in [0.25, 0.3) is 0 Å². The Labute approximate surface area is 170 Å². The van der Waals surface area contributed by atoms with Crippen molar-refractivity contribution < 1.29 is 9.90 Å². The monoisotopic (exact) mass is 388 g/mol. The SMILES string of the molecule is Cn1c(C(C#N)=C(O)c2ccccc2NCC(=O)C(C)(C)C)nc2ccccc21. The zero-order valence-corrected chi connectivity index (χ0v) is 17.0. The smallest absolute Gasteiger partial charge is 0.157 e. The molecule has 0 radical (unpaired) electrons. The van der Waals surface area contributed by atoms with Crippen molar-refractivity contribution in [3.63, 3.8) is 0 Å². The van der Waals surface area contributed by atoms with Gasteiger partial charge in [0.2, 0.25) is 0 Å². The van der Waals surface area contributed by atoms with E-state index in [4.69, 9.17) is 0 Å². The van der Waals surface area contributed by atoms with E-state index in [1.807, 2.05) is 51.1 Å². The molecule has 0 aliphatic heterocycles. The summed E-state index contributed by atoms with van der Waals surface area (Å²) in [7, 11) is 1.81. The molecule has 29 heavy (non-hydrogen) atoms. The zero-order chi connectivity index (χ0) is 21.2. The number of nitrogens with zero attached hydrogens (tertiary/aromatic N) is 3. The molecule has 0 amide bonds. The number of hydrogen-bond donors (Lipinski definition) is 2. The first-order valence-electron chi connectivity index (χ1n) is 9.35. The normalized spacial score (nSPS) is 12.4. The molecule has 0 atom stereocenters. The molecule has 3 aromatic rings. The number of aryl methyl sites for hydroxylation is 1. The van der Waals surface area contributed by atoms with Gasteiger partial charge in [0, 0.05) is 23.7 Å². The fraction of sp³-hybridized carbons (Fsp3) is 0.261. The molecule has 2 N–H and O–H groups in total. The second kappa shape index (κ2) is 7.80. The molecule has 3 rings (SSSR count). The van der Waals surface area contributed by atoms with Crippen LogP contribution in [0.1, 0.15) is 32.2 Å². The van der Waals surface area contributed by atoms with Crippen LogP contribution >= 0.6 is 0 Å². The number of hydrogen-bond acceptors (Lipinski definition) is 5. The Kier molecular flexibility index (Phi) is 5.42. The average Bonchev–Trinajstić information content (AvgIpc) is 3.03. The number of aromatic nitrogens is 2. The number of Topliss-reactive ketones (excluding diaryl/α,β-unsaturated/α-hetero) is 1. The number of aliphatic hydroxyl groups is 1. The van der Waals surface area contributed by atoms with E-state index in [1.165, 1.54) is 0 Å². The number of carbonyl (C=O) groups is 1. The highest BCUT2D eigenvalue weighted by Gasteiger charge is 2.22. The first kappa shape index (κ1) is 20.2. The van der Waals surface area contributed by atoms with Crippen LogP contribution in [0.15, 0.2) is 48.5 Å². The average molecular weight is 388 g/mol. The standard InChI is InChI=1S/C23H24N4O2/c1-23(2,3)20(28)14-25-17-10-6-5-9-15(17)21(29)16(13-24)22-26-18-11-7-8-12-19(18)27(22)4/h5-12,25,29H,14H2,1-4H3. The Balaban J connectivity index is 2.04. The summed E-state index contributed by atoms with van der Waals surface area (Å²) in [5.74, 6) is 0.246. The molecular weight excluding hydrogens is 364 g/mol. The van der Waals surface area contributed by atoms with Gasteiger partial charge in [-0.3, -0.25) is 4.79 Å². The molecular formula is C23H24N4O2. The highest BCUT2D eigenvalue weighted by atomic mass is 16.3. The van der Waals surface area contributed by atoms with Gasteiger partial charge in [-0.05, 0) is 24.3 Å². The predicted octanol–water partition coefficient (Wildman–Crippen LogP) is 4.55. The quantitative estimate of drug-likeness (QED) is 0.494. The molecule has 1 aromatic heterocycles. The number of nitrogens with one attached hydrogen (secondary N) is 1. The van der Waals surface area contributed by atoms with Crippen molar-refractivity contribution in [3.8, 4) is 6.07 Å². The second-order valence-corrected chi connectivity index (χ2v) is 7.89. The summed E-state index contributed by atoms with van der Waals surface area (Å²) < 4.78 is 1.78.